The van der Waals surface area contributed by atoms with Crippen LogP contribution in [0.25, 0.3) is 10.8 Å². The van der Waals surface area contributed by atoms with Crippen LogP contribution in [0.15, 0.2) is 54.6 Å². The van der Waals surface area contributed by atoms with Crippen molar-refractivity contribution in [3.05, 3.63) is 60.2 Å². The third-order valence-corrected chi connectivity index (χ3v) is 4.55. The molecule has 3 aromatic carbocycles. The van der Waals surface area contributed by atoms with Gasteiger partial charge in [-0.15, -0.1) is 0 Å². The number of rotatable bonds is 4. The molecule has 0 aromatic heterocycles. The predicted octanol–water partition coefficient (Wildman–Crippen LogP) is 3.50. The standard InChI is InChI=1S/C22H19NO6/c1-13(21(25)23-16-6-7-19-20(12-16)28-9-8-27-19)29-22(26)17-10-14-4-2-3-5-15(14)11-18(17)24/h2-7,10-13,24H,8-9H2,1H3,(H,23,25)/t13-/m1/s1. The summed E-state index contributed by atoms with van der Waals surface area (Å²) in [5.74, 6) is -0.332. The van der Waals surface area contributed by atoms with E-state index in [0.29, 0.717) is 30.4 Å². The summed E-state index contributed by atoms with van der Waals surface area (Å²) >= 11 is 0. The zero-order valence-electron chi connectivity index (χ0n) is 15.7. The zero-order chi connectivity index (χ0) is 20.4. The zero-order valence-corrected chi connectivity index (χ0v) is 15.7. The summed E-state index contributed by atoms with van der Waals surface area (Å²) in [5, 5.41) is 14.4. The average molecular weight is 393 g/mol. The molecule has 0 radical (unpaired) electrons. The van der Waals surface area contributed by atoms with Gasteiger partial charge in [-0.3, -0.25) is 4.79 Å². The number of fused-ring (bicyclic) bond motifs is 2. The second kappa shape index (κ2) is 7.71. The van der Waals surface area contributed by atoms with E-state index in [0.717, 1.165) is 10.8 Å². The molecule has 1 atom stereocenters. The van der Waals surface area contributed by atoms with Gasteiger partial charge in [-0.2, -0.15) is 0 Å². The molecule has 7 nitrogen and oxygen atoms in total. The molecule has 148 valence electrons. The summed E-state index contributed by atoms with van der Waals surface area (Å²) in [6.07, 6.45) is -1.07. The Balaban J connectivity index is 1.44. The molecule has 0 unspecified atom stereocenters. The van der Waals surface area contributed by atoms with Crippen molar-refractivity contribution in [2.45, 2.75) is 13.0 Å². The molecule has 1 amide bonds. The fraction of sp³-hybridized carbons (Fsp3) is 0.182. The number of ether oxygens (including phenoxy) is 3. The van der Waals surface area contributed by atoms with Crippen LogP contribution in [0.1, 0.15) is 17.3 Å². The van der Waals surface area contributed by atoms with Crippen molar-refractivity contribution in [3.8, 4) is 17.2 Å². The highest BCUT2D eigenvalue weighted by Crippen LogP contribution is 2.32. The number of amides is 1. The lowest BCUT2D eigenvalue weighted by Gasteiger charge is -2.19. The Morgan fingerprint density at radius 3 is 2.45 bits per heavy atom. The van der Waals surface area contributed by atoms with Crippen LogP contribution >= 0.6 is 0 Å². The van der Waals surface area contributed by atoms with Crippen molar-refractivity contribution < 1.29 is 28.9 Å². The number of hydrogen-bond donors (Lipinski definition) is 2. The number of anilines is 1. The van der Waals surface area contributed by atoms with E-state index in [1.807, 2.05) is 24.3 Å². The molecule has 1 aliphatic heterocycles. The van der Waals surface area contributed by atoms with Crippen LogP contribution in [0.5, 0.6) is 17.2 Å². The third kappa shape index (κ3) is 3.94. The molecule has 0 fully saturated rings. The van der Waals surface area contributed by atoms with Crippen LogP contribution < -0.4 is 14.8 Å². The first kappa shape index (κ1) is 18.6. The van der Waals surface area contributed by atoms with E-state index in [4.69, 9.17) is 14.2 Å². The lowest BCUT2D eigenvalue weighted by molar-refractivity contribution is -0.123. The van der Waals surface area contributed by atoms with Gasteiger partial charge in [0.25, 0.3) is 5.91 Å². The Hall–Kier alpha value is -3.74. The maximum atomic E-state index is 12.5. The van der Waals surface area contributed by atoms with Crippen LogP contribution in [0.4, 0.5) is 5.69 Å². The predicted molar refractivity (Wildman–Crippen MR) is 107 cm³/mol. The van der Waals surface area contributed by atoms with Gasteiger partial charge in [-0.1, -0.05) is 24.3 Å². The monoisotopic (exact) mass is 393 g/mol. The number of nitrogens with one attached hydrogen (secondary N) is 1. The first-order valence-corrected chi connectivity index (χ1v) is 9.14. The quantitative estimate of drug-likeness (QED) is 0.659. The molecular weight excluding hydrogens is 374 g/mol. The highest BCUT2D eigenvalue weighted by molar-refractivity contribution is 6.01. The van der Waals surface area contributed by atoms with E-state index in [1.165, 1.54) is 13.0 Å². The van der Waals surface area contributed by atoms with Crippen molar-refractivity contribution in [1.29, 1.82) is 0 Å². The summed E-state index contributed by atoms with van der Waals surface area (Å²) in [6.45, 7) is 2.38. The number of esters is 1. The minimum absolute atomic E-state index is 0.00248. The van der Waals surface area contributed by atoms with Gasteiger partial charge in [-0.25, -0.2) is 4.79 Å². The van der Waals surface area contributed by atoms with Gasteiger partial charge >= 0.3 is 5.97 Å². The smallest absolute Gasteiger partial charge is 0.342 e. The van der Waals surface area contributed by atoms with E-state index in [2.05, 4.69) is 5.32 Å². The normalized spacial score (nSPS) is 13.6. The SMILES string of the molecule is C[C@@H](OC(=O)c1cc2ccccc2cc1O)C(=O)Nc1ccc2c(c1)OCCO2. The molecule has 3 aromatic rings. The molecule has 1 heterocycles. The Labute approximate surface area is 166 Å². The number of benzene rings is 3. The van der Waals surface area contributed by atoms with Gasteiger partial charge in [0, 0.05) is 11.8 Å². The first-order valence-electron chi connectivity index (χ1n) is 9.14. The number of hydrogen-bond acceptors (Lipinski definition) is 6. The van der Waals surface area contributed by atoms with Crippen molar-refractivity contribution in [2.75, 3.05) is 18.5 Å². The average Bonchev–Trinajstić information content (AvgIpc) is 2.73. The maximum absolute atomic E-state index is 12.5. The molecule has 0 spiro atoms. The summed E-state index contributed by atoms with van der Waals surface area (Å²) in [5.41, 5.74) is 0.499. The van der Waals surface area contributed by atoms with Crippen molar-refractivity contribution >= 4 is 28.3 Å². The maximum Gasteiger partial charge on any atom is 0.342 e. The number of carbonyl (C=O) groups is 2. The summed E-state index contributed by atoms with van der Waals surface area (Å²) in [7, 11) is 0. The van der Waals surface area contributed by atoms with Gasteiger partial charge < -0.3 is 24.6 Å². The molecule has 4 rings (SSSR count). The Bertz CT molecular complexity index is 1090. The highest BCUT2D eigenvalue weighted by Gasteiger charge is 2.22. The second-order valence-corrected chi connectivity index (χ2v) is 6.61. The molecule has 0 saturated heterocycles. The highest BCUT2D eigenvalue weighted by atomic mass is 16.6. The third-order valence-electron chi connectivity index (χ3n) is 4.55. The first-order chi connectivity index (χ1) is 14.0. The minimum atomic E-state index is -1.07. The molecule has 0 bridgehead atoms. The molecule has 0 saturated carbocycles. The molecule has 29 heavy (non-hydrogen) atoms. The lowest BCUT2D eigenvalue weighted by atomic mass is 10.1. The molecule has 0 aliphatic carbocycles. The molecule has 2 N–H and O–H groups in total. The largest absolute Gasteiger partial charge is 0.507 e. The van der Waals surface area contributed by atoms with Crippen molar-refractivity contribution in [1.82, 2.24) is 0 Å². The minimum Gasteiger partial charge on any atom is -0.507 e. The van der Waals surface area contributed by atoms with Crippen molar-refractivity contribution in [2.24, 2.45) is 0 Å². The topological polar surface area (TPSA) is 94.1 Å². The van der Waals surface area contributed by atoms with Crippen LogP contribution in [-0.4, -0.2) is 36.3 Å². The number of aromatic hydroxyl groups is 1. The Kier molecular flexibility index (Phi) is 4.95. The van der Waals surface area contributed by atoms with Gasteiger partial charge in [0.2, 0.25) is 0 Å². The lowest BCUT2D eigenvalue weighted by Crippen LogP contribution is -2.30. The van der Waals surface area contributed by atoms with Crippen LogP contribution in [0, 0.1) is 0 Å². The van der Waals surface area contributed by atoms with Gasteiger partial charge in [0.15, 0.2) is 17.6 Å². The van der Waals surface area contributed by atoms with Crippen LogP contribution in [0.3, 0.4) is 0 Å². The number of phenols is 1. The summed E-state index contributed by atoms with van der Waals surface area (Å²) in [4.78, 5) is 24.9. The summed E-state index contributed by atoms with van der Waals surface area (Å²) < 4.78 is 16.2. The van der Waals surface area contributed by atoms with E-state index in [-0.39, 0.29) is 11.3 Å². The van der Waals surface area contributed by atoms with Crippen molar-refractivity contribution in [3.63, 3.8) is 0 Å². The van der Waals surface area contributed by atoms with Gasteiger partial charge in [0.05, 0.1) is 0 Å². The van der Waals surface area contributed by atoms with Crippen LogP contribution in [0.2, 0.25) is 0 Å². The van der Waals surface area contributed by atoms with E-state index >= 15 is 0 Å². The summed E-state index contributed by atoms with van der Waals surface area (Å²) in [6, 6.07) is 15.4. The molecule has 7 heteroatoms. The van der Waals surface area contributed by atoms with Gasteiger partial charge in [-0.05, 0) is 42.0 Å². The van der Waals surface area contributed by atoms with Gasteiger partial charge in [0.1, 0.15) is 24.5 Å². The van der Waals surface area contributed by atoms with E-state index < -0.39 is 18.0 Å². The second-order valence-electron chi connectivity index (χ2n) is 6.61. The van der Waals surface area contributed by atoms with E-state index in [1.54, 1.807) is 24.3 Å². The fourth-order valence-electron chi connectivity index (χ4n) is 3.03. The fourth-order valence-corrected chi connectivity index (χ4v) is 3.03. The van der Waals surface area contributed by atoms with Crippen LogP contribution in [-0.2, 0) is 9.53 Å². The number of carbonyl (C=O) groups excluding carboxylic acids is 2. The Morgan fingerprint density at radius 1 is 1.00 bits per heavy atom. The number of phenolic OH excluding ortho intramolecular Hbond substituents is 1. The Morgan fingerprint density at radius 2 is 1.69 bits per heavy atom. The van der Waals surface area contributed by atoms with E-state index in [9.17, 15) is 14.7 Å². The molecule has 1 aliphatic rings. The molecular formula is C22H19NO6.